The topological polar surface area (TPSA) is 156 Å². The second-order valence-electron chi connectivity index (χ2n) is 6.54. The Morgan fingerprint density at radius 3 is 2.56 bits per heavy atom. The maximum Gasteiger partial charge on any atom is 0.469 e. The predicted molar refractivity (Wildman–Crippen MR) is 124 cm³/mol. The van der Waals surface area contributed by atoms with Gasteiger partial charge in [-0.3, -0.25) is 14.1 Å². The van der Waals surface area contributed by atoms with Gasteiger partial charge in [-0.05, 0) is 49.9 Å². The van der Waals surface area contributed by atoms with Crippen molar-refractivity contribution in [2.45, 2.75) is 26.8 Å². The number of phosphoric acid groups is 1. The number of amides is 1. The molecule has 0 bridgehead atoms. The molecule has 0 saturated heterocycles. The Morgan fingerprint density at radius 2 is 2.00 bits per heavy atom. The Balaban J connectivity index is 2.31. The fourth-order valence-electron chi connectivity index (χ4n) is 2.53. The molecular weight excluding hydrogens is 523 g/mol. The minimum absolute atomic E-state index is 0.00586. The van der Waals surface area contributed by atoms with Crippen LogP contribution >= 0.6 is 35.5 Å². The standard InChI is InChI=1S/C19H22BrN4O6PS/c1-12(24(11-25)10-15-9-22-13(2)23-18(15)21)17(7-8-30-31(27,28)29)32-19(26)14-3-5-16(20)6-4-14/h3-6,9,11H,7-8,10H2,1-2H3,(H2,21,22,23)(H2,27,28,29)/b17-12-. The first kappa shape index (κ1) is 26.2. The van der Waals surface area contributed by atoms with Crippen molar-refractivity contribution in [3.05, 3.63) is 62.5 Å². The average Bonchev–Trinajstić information content (AvgIpc) is 2.71. The van der Waals surface area contributed by atoms with Crippen LogP contribution in [-0.2, 0) is 20.4 Å². The Kier molecular flexibility index (Phi) is 9.56. The molecule has 1 amide bonds. The van der Waals surface area contributed by atoms with Gasteiger partial charge >= 0.3 is 7.82 Å². The molecule has 10 nitrogen and oxygen atoms in total. The number of nitrogen functional groups attached to an aromatic ring is 1. The molecule has 1 heterocycles. The van der Waals surface area contributed by atoms with Gasteiger partial charge in [0, 0.05) is 38.8 Å². The van der Waals surface area contributed by atoms with Crippen molar-refractivity contribution >= 4 is 52.9 Å². The smallest absolute Gasteiger partial charge is 0.383 e. The van der Waals surface area contributed by atoms with E-state index in [1.165, 1.54) is 11.1 Å². The third-order valence-electron chi connectivity index (χ3n) is 4.21. The molecule has 2 rings (SSSR count). The highest BCUT2D eigenvalue weighted by molar-refractivity contribution is 9.10. The molecule has 2 aromatic rings. The summed E-state index contributed by atoms with van der Waals surface area (Å²) in [5.74, 6) is 0.712. The molecule has 172 valence electrons. The molecule has 4 N–H and O–H groups in total. The van der Waals surface area contributed by atoms with Gasteiger partial charge in [-0.25, -0.2) is 14.5 Å². The van der Waals surface area contributed by atoms with Crippen LogP contribution in [0.4, 0.5) is 5.82 Å². The van der Waals surface area contributed by atoms with E-state index in [4.69, 9.17) is 15.5 Å². The van der Waals surface area contributed by atoms with Crippen LogP contribution in [0, 0.1) is 6.92 Å². The van der Waals surface area contributed by atoms with E-state index >= 15 is 0 Å². The number of hydrogen-bond acceptors (Lipinski definition) is 8. The van der Waals surface area contributed by atoms with Gasteiger partial charge in [0.15, 0.2) is 0 Å². The van der Waals surface area contributed by atoms with Crippen molar-refractivity contribution in [3.63, 3.8) is 0 Å². The number of anilines is 1. The van der Waals surface area contributed by atoms with Crippen molar-refractivity contribution in [2.24, 2.45) is 0 Å². The van der Waals surface area contributed by atoms with Crippen LogP contribution in [0.3, 0.4) is 0 Å². The quantitative estimate of drug-likeness (QED) is 0.299. The number of benzene rings is 1. The number of aryl methyl sites for hydroxylation is 1. The number of allylic oxidation sites excluding steroid dienone is 1. The van der Waals surface area contributed by atoms with Gasteiger partial charge in [0.25, 0.3) is 0 Å². The van der Waals surface area contributed by atoms with Crippen LogP contribution in [0.5, 0.6) is 0 Å². The van der Waals surface area contributed by atoms with Crippen LogP contribution in [0.15, 0.2) is 45.5 Å². The van der Waals surface area contributed by atoms with E-state index in [1.54, 1.807) is 38.1 Å². The van der Waals surface area contributed by atoms with E-state index in [9.17, 15) is 14.2 Å². The lowest BCUT2D eigenvalue weighted by molar-refractivity contribution is -0.116. The maximum atomic E-state index is 12.8. The van der Waals surface area contributed by atoms with Crippen molar-refractivity contribution in [3.8, 4) is 0 Å². The Bertz CT molecular complexity index is 1060. The molecule has 1 aromatic carbocycles. The lowest BCUT2D eigenvalue weighted by Crippen LogP contribution is -2.22. The van der Waals surface area contributed by atoms with E-state index < -0.39 is 7.82 Å². The van der Waals surface area contributed by atoms with Crippen molar-refractivity contribution < 1.29 is 28.5 Å². The Morgan fingerprint density at radius 1 is 1.34 bits per heavy atom. The van der Waals surface area contributed by atoms with E-state index in [-0.39, 0.29) is 30.5 Å². The number of hydrogen-bond donors (Lipinski definition) is 3. The van der Waals surface area contributed by atoms with Gasteiger partial charge in [0.2, 0.25) is 11.5 Å². The molecular formula is C19H22BrN4O6PS. The number of rotatable bonds is 10. The van der Waals surface area contributed by atoms with Gasteiger partial charge in [0.1, 0.15) is 11.6 Å². The highest BCUT2D eigenvalue weighted by Crippen LogP contribution is 2.37. The van der Waals surface area contributed by atoms with Gasteiger partial charge in [0.05, 0.1) is 13.2 Å². The third kappa shape index (κ3) is 8.12. The molecule has 0 aliphatic rings. The number of carbonyl (C=O) groups excluding carboxylic acids is 2. The van der Waals surface area contributed by atoms with Crippen LogP contribution in [0.25, 0.3) is 0 Å². The van der Waals surface area contributed by atoms with Gasteiger partial charge in [-0.1, -0.05) is 15.9 Å². The van der Waals surface area contributed by atoms with Crippen LogP contribution < -0.4 is 5.73 Å². The molecule has 0 radical (unpaired) electrons. The number of carbonyl (C=O) groups is 2. The summed E-state index contributed by atoms with van der Waals surface area (Å²) >= 11 is 4.16. The number of halogens is 1. The van der Waals surface area contributed by atoms with Crippen LogP contribution in [0.1, 0.15) is 35.1 Å². The Hall–Kier alpha value is -2.08. The summed E-state index contributed by atoms with van der Waals surface area (Å²) < 4.78 is 16.4. The molecule has 0 spiro atoms. The molecule has 0 atom stereocenters. The fourth-order valence-corrected chi connectivity index (χ4v) is 4.05. The number of aromatic nitrogens is 2. The zero-order valence-corrected chi connectivity index (χ0v) is 20.6. The second kappa shape index (κ2) is 11.7. The predicted octanol–water partition coefficient (Wildman–Crippen LogP) is 3.39. The second-order valence-corrected chi connectivity index (χ2v) is 9.76. The number of phosphoric ester groups is 1. The third-order valence-corrected chi connectivity index (χ3v) is 6.42. The van der Waals surface area contributed by atoms with E-state index in [0.29, 0.717) is 34.0 Å². The number of thioether (sulfide) groups is 1. The van der Waals surface area contributed by atoms with Crippen molar-refractivity contribution in [2.75, 3.05) is 12.3 Å². The fraction of sp³-hybridized carbons (Fsp3) is 0.263. The maximum absolute atomic E-state index is 12.8. The molecule has 0 saturated carbocycles. The van der Waals surface area contributed by atoms with Gasteiger partial charge < -0.3 is 20.4 Å². The van der Waals surface area contributed by atoms with E-state index in [0.717, 1.165) is 16.2 Å². The largest absolute Gasteiger partial charge is 0.469 e. The minimum Gasteiger partial charge on any atom is -0.383 e. The average molecular weight is 545 g/mol. The summed E-state index contributed by atoms with van der Waals surface area (Å²) in [6.45, 7) is 3.01. The number of nitrogens with zero attached hydrogens (tertiary/aromatic N) is 3. The monoisotopic (exact) mass is 544 g/mol. The lowest BCUT2D eigenvalue weighted by Gasteiger charge is -2.22. The summed E-state index contributed by atoms with van der Waals surface area (Å²) in [5, 5.41) is -0.299. The van der Waals surface area contributed by atoms with Gasteiger partial charge in [-0.2, -0.15) is 0 Å². The molecule has 0 aliphatic heterocycles. The van der Waals surface area contributed by atoms with Crippen LogP contribution in [-0.4, -0.2) is 42.8 Å². The first-order valence-electron chi connectivity index (χ1n) is 9.17. The summed E-state index contributed by atoms with van der Waals surface area (Å²) in [6.07, 6.45) is 2.08. The normalized spacial score (nSPS) is 12.3. The highest BCUT2D eigenvalue weighted by Gasteiger charge is 2.20. The van der Waals surface area contributed by atoms with Crippen molar-refractivity contribution in [1.29, 1.82) is 0 Å². The summed E-state index contributed by atoms with van der Waals surface area (Å²) in [7, 11) is -4.68. The first-order valence-corrected chi connectivity index (χ1v) is 12.3. The molecule has 32 heavy (non-hydrogen) atoms. The molecule has 0 unspecified atom stereocenters. The van der Waals surface area contributed by atoms with E-state index in [1.807, 2.05) is 0 Å². The first-order chi connectivity index (χ1) is 15.0. The Labute approximate surface area is 197 Å². The van der Waals surface area contributed by atoms with Crippen molar-refractivity contribution in [1.82, 2.24) is 14.9 Å². The minimum atomic E-state index is -4.68. The molecule has 1 aromatic heterocycles. The number of nitrogens with two attached hydrogens (primary N) is 1. The zero-order valence-electron chi connectivity index (χ0n) is 17.3. The summed E-state index contributed by atoms with van der Waals surface area (Å²) in [6, 6.07) is 6.72. The van der Waals surface area contributed by atoms with Crippen LogP contribution in [0.2, 0.25) is 0 Å². The van der Waals surface area contributed by atoms with Gasteiger partial charge in [-0.15, -0.1) is 0 Å². The van der Waals surface area contributed by atoms with E-state index in [2.05, 4.69) is 30.4 Å². The highest BCUT2D eigenvalue weighted by atomic mass is 79.9. The molecule has 0 aliphatic carbocycles. The molecule has 13 heteroatoms. The zero-order chi connectivity index (χ0) is 23.9. The lowest BCUT2D eigenvalue weighted by atomic mass is 10.2. The molecule has 0 fully saturated rings. The summed E-state index contributed by atoms with van der Waals surface area (Å²) in [4.78, 5) is 52.4. The summed E-state index contributed by atoms with van der Waals surface area (Å²) in [5.41, 5.74) is 7.26. The SMILES string of the molecule is C/C(=C(\CCOP(=O)(O)O)SC(=O)c1ccc(Br)cc1)N(C=O)Cc1cnc(C)nc1N.